The van der Waals surface area contributed by atoms with Gasteiger partial charge in [0, 0.05) is 37.9 Å². The van der Waals surface area contributed by atoms with Crippen molar-refractivity contribution in [1.29, 1.82) is 0 Å². The molecule has 4 heteroatoms. The molecule has 1 aliphatic heterocycles. The van der Waals surface area contributed by atoms with Gasteiger partial charge in [0.2, 0.25) is 0 Å². The first-order valence-corrected chi connectivity index (χ1v) is 14.3. The third kappa shape index (κ3) is 4.68. The fourth-order valence-corrected chi connectivity index (χ4v) is 6.85. The van der Waals surface area contributed by atoms with Gasteiger partial charge in [-0.05, 0) is 55.5 Å². The van der Waals surface area contributed by atoms with Crippen LogP contribution < -0.4 is 0 Å². The Morgan fingerprint density at radius 1 is 0.875 bits per heavy atom. The summed E-state index contributed by atoms with van der Waals surface area (Å²) in [6.45, 7) is 4.56. The zero-order valence-corrected chi connectivity index (χ0v) is 25.4. The van der Waals surface area contributed by atoms with Crippen LogP contribution in [0.4, 0.5) is 0 Å². The van der Waals surface area contributed by atoms with Crippen LogP contribution in [-0.2, 0) is 26.5 Å². The average Bonchev–Trinajstić information content (AvgIpc) is 3.66. The van der Waals surface area contributed by atoms with Crippen LogP contribution in [-0.4, -0.2) is 14.5 Å². The minimum absolute atomic E-state index is 0. The molecule has 3 aromatic carbocycles. The van der Waals surface area contributed by atoms with Gasteiger partial charge in [0.05, 0.1) is 16.9 Å². The molecule has 2 atom stereocenters. The molecule has 2 aromatic heterocycles. The maximum absolute atomic E-state index is 4.96. The molecule has 8 rings (SSSR count). The van der Waals surface area contributed by atoms with Gasteiger partial charge in [0.15, 0.2) is 0 Å². The number of imidazole rings is 1. The van der Waals surface area contributed by atoms with E-state index in [1.807, 2.05) is 30.5 Å². The van der Waals surface area contributed by atoms with Crippen LogP contribution >= 0.6 is 0 Å². The number of hydrogen-bond donors (Lipinski definition) is 0. The summed E-state index contributed by atoms with van der Waals surface area (Å²) in [5.74, 6) is 2.34. The Hall–Kier alpha value is -3.33. The van der Waals surface area contributed by atoms with Gasteiger partial charge in [-0.1, -0.05) is 55.5 Å². The van der Waals surface area contributed by atoms with Crippen molar-refractivity contribution in [1.82, 2.24) is 14.5 Å². The van der Waals surface area contributed by atoms with E-state index in [2.05, 4.69) is 90.1 Å². The smallest absolute Gasteiger partial charge is 0.0777 e. The average molecular weight is 700 g/mol. The molecular weight excluding hydrogens is 667 g/mol. The number of rotatable bonds is 2. The molecule has 2 aliphatic carbocycles. The summed E-state index contributed by atoms with van der Waals surface area (Å²) >= 11 is 0. The first kappa shape index (κ1) is 26.9. The molecular formula is C36H33IrN3-2. The molecule has 0 amide bonds. The topological polar surface area (TPSA) is 30.7 Å². The minimum atomic E-state index is 0. The van der Waals surface area contributed by atoms with Crippen LogP contribution in [0, 0.1) is 18.1 Å². The van der Waals surface area contributed by atoms with E-state index in [0.717, 1.165) is 34.9 Å². The number of pyridine rings is 1. The molecule has 0 N–H and O–H groups in total. The van der Waals surface area contributed by atoms with Crippen LogP contribution in [0.5, 0.6) is 0 Å². The molecule has 5 aromatic rings. The number of fused-ring (bicyclic) bond motifs is 3. The SMILES string of the molecule is CC1C=C(C2CCCC2)c2cccc3nc(-c4[c-]cccc4)n1c23.CC1Cc2cccnc2-c2[c-]cccc21.[Ir]. The third-order valence-corrected chi connectivity index (χ3v) is 8.67. The molecule has 3 nitrogen and oxygen atoms in total. The second kappa shape index (κ2) is 11.3. The number of hydrogen-bond acceptors (Lipinski definition) is 2. The quantitative estimate of drug-likeness (QED) is 0.173. The van der Waals surface area contributed by atoms with Gasteiger partial charge in [-0.15, -0.1) is 71.3 Å². The number of benzene rings is 3. The van der Waals surface area contributed by atoms with E-state index in [0.29, 0.717) is 12.0 Å². The molecule has 1 saturated carbocycles. The summed E-state index contributed by atoms with van der Waals surface area (Å²) in [4.78, 5) is 9.43. The van der Waals surface area contributed by atoms with Crippen molar-refractivity contribution < 1.29 is 20.1 Å². The first-order valence-electron chi connectivity index (χ1n) is 14.3. The molecule has 203 valence electrons. The monoisotopic (exact) mass is 700 g/mol. The van der Waals surface area contributed by atoms with Crippen molar-refractivity contribution in [2.24, 2.45) is 5.92 Å². The second-order valence-electron chi connectivity index (χ2n) is 11.2. The van der Waals surface area contributed by atoms with E-state index in [1.54, 1.807) is 5.57 Å². The fraction of sp³-hybridized carbons (Fsp3) is 0.278. The Morgan fingerprint density at radius 2 is 1.73 bits per heavy atom. The number of aromatic nitrogens is 3. The Balaban J connectivity index is 0.000000156. The molecule has 40 heavy (non-hydrogen) atoms. The van der Waals surface area contributed by atoms with E-state index < -0.39 is 0 Å². The van der Waals surface area contributed by atoms with Crippen molar-refractivity contribution in [3.63, 3.8) is 0 Å². The van der Waals surface area contributed by atoms with Gasteiger partial charge in [-0.25, -0.2) is 0 Å². The van der Waals surface area contributed by atoms with Crippen molar-refractivity contribution in [3.05, 3.63) is 114 Å². The van der Waals surface area contributed by atoms with Crippen LogP contribution in [0.3, 0.4) is 0 Å². The van der Waals surface area contributed by atoms with E-state index in [4.69, 9.17) is 4.98 Å². The zero-order chi connectivity index (χ0) is 26.3. The first-order chi connectivity index (χ1) is 19.2. The normalized spacial score (nSPS) is 19.1. The van der Waals surface area contributed by atoms with Gasteiger partial charge < -0.3 is 9.55 Å². The standard InChI is InChI=1S/C22H21N2.C14H12N.Ir/c1-15-14-19(16-8-5-6-9-16)18-12-7-13-20-21(18)24(15)22(23-20)17-10-3-2-4-11-17;1-10-9-11-5-4-8-15-14(11)13-7-3-2-6-12(10)13;/h2-4,7,10,12-16H,5-6,8-9H2,1H3;2-6,8,10H,9H2,1H3;/q2*-1;. The molecule has 1 fully saturated rings. The predicted molar refractivity (Wildman–Crippen MR) is 159 cm³/mol. The number of para-hydroxylation sites is 1. The maximum atomic E-state index is 4.96. The Morgan fingerprint density at radius 3 is 2.55 bits per heavy atom. The van der Waals surface area contributed by atoms with E-state index in [-0.39, 0.29) is 20.1 Å². The fourth-order valence-electron chi connectivity index (χ4n) is 6.85. The summed E-state index contributed by atoms with van der Waals surface area (Å²) in [6.07, 6.45) is 10.8. The van der Waals surface area contributed by atoms with Crippen molar-refractivity contribution in [2.45, 2.75) is 57.9 Å². The maximum Gasteiger partial charge on any atom is 0.0777 e. The second-order valence-corrected chi connectivity index (χ2v) is 11.2. The molecule has 0 saturated heterocycles. The Labute approximate surface area is 250 Å². The molecule has 0 spiro atoms. The van der Waals surface area contributed by atoms with Gasteiger partial charge in [-0.2, -0.15) is 0 Å². The molecule has 3 aliphatic rings. The summed E-state index contributed by atoms with van der Waals surface area (Å²) in [7, 11) is 0. The molecule has 1 radical (unpaired) electrons. The molecule has 3 heterocycles. The van der Waals surface area contributed by atoms with Crippen LogP contribution in [0.25, 0.3) is 39.3 Å². The number of nitrogens with zero attached hydrogens (tertiary/aromatic N) is 3. The predicted octanol–water partition coefficient (Wildman–Crippen LogP) is 8.86. The summed E-state index contributed by atoms with van der Waals surface area (Å²) < 4.78 is 2.40. The van der Waals surface area contributed by atoms with Gasteiger partial charge in [0.25, 0.3) is 0 Å². The Kier molecular flexibility index (Phi) is 7.57. The van der Waals surface area contributed by atoms with Gasteiger partial charge in [0.1, 0.15) is 0 Å². The van der Waals surface area contributed by atoms with Crippen molar-refractivity contribution >= 4 is 16.6 Å². The molecule has 2 unspecified atom stereocenters. The zero-order valence-electron chi connectivity index (χ0n) is 23.0. The van der Waals surface area contributed by atoms with Crippen LogP contribution in [0.2, 0.25) is 0 Å². The summed E-state index contributed by atoms with van der Waals surface area (Å²) in [5, 5.41) is 0. The summed E-state index contributed by atoms with van der Waals surface area (Å²) in [5.41, 5.74) is 11.5. The molecule has 0 bridgehead atoms. The Bertz CT molecular complexity index is 1680. The largest absolute Gasteiger partial charge is 0.358 e. The van der Waals surface area contributed by atoms with Crippen molar-refractivity contribution in [3.8, 4) is 22.6 Å². The number of allylic oxidation sites excluding steroid dienone is 2. The van der Waals surface area contributed by atoms with E-state index in [9.17, 15) is 0 Å². The van der Waals surface area contributed by atoms with Gasteiger partial charge >= 0.3 is 0 Å². The van der Waals surface area contributed by atoms with E-state index >= 15 is 0 Å². The van der Waals surface area contributed by atoms with Crippen LogP contribution in [0.1, 0.15) is 68.2 Å². The summed E-state index contributed by atoms with van der Waals surface area (Å²) in [6, 6.07) is 32.1. The minimum Gasteiger partial charge on any atom is -0.358 e. The van der Waals surface area contributed by atoms with Crippen LogP contribution in [0.15, 0.2) is 85.1 Å². The van der Waals surface area contributed by atoms with E-state index in [1.165, 1.54) is 53.5 Å². The van der Waals surface area contributed by atoms with Gasteiger partial charge in [-0.3, -0.25) is 4.98 Å². The third-order valence-electron chi connectivity index (χ3n) is 8.67. The van der Waals surface area contributed by atoms with Crippen molar-refractivity contribution in [2.75, 3.05) is 0 Å².